The zero-order valence-electron chi connectivity index (χ0n) is 8.27. The second-order valence-electron chi connectivity index (χ2n) is 2.82. The van der Waals surface area contributed by atoms with E-state index in [0.29, 0.717) is 0 Å². The molecule has 0 radical (unpaired) electrons. The van der Waals surface area contributed by atoms with E-state index < -0.39 is 0 Å². The molecule has 0 aromatic carbocycles. The fourth-order valence-electron chi connectivity index (χ4n) is 0.301. The average molecular weight is 158 g/mol. The van der Waals surface area contributed by atoms with Crippen molar-refractivity contribution < 1.29 is 4.79 Å². The SMILES string of the molecule is BC(=O)NCCC.CN(C)C. The van der Waals surface area contributed by atoms with Crippen molar-refractivity contribution in [2.45, 2.75) is 13.3 Å². The molecule has 0 fully saturated rings. The molecular weight excluding hydrogens is 139 g/mol. The van der Waals surface area contributed by atoms with Crippen LogP contribution >= 0.6 is 0 Å². The minimum atomic E-state index is 0.0573. The van der Waals surface area contributed by atoms with E-state index in [1.807, 2.05) is 33.0 Å². The van der Waals surface area contributed by atoms with E-state index in [2.05, 4.69) is 5.32 Å². The zero-order valence-corrected chi connectivity index (χ0v) is 8.27. The first kappa shape index (κ1) is 13.1. The van der Waals surface area contributed by atoms with Gasteiger partial charge in [0.2, 0.25) is 7.85 Å². The molecular formula is C7H19BN2O. The molecule has 1 N–H and O–H groups in total. The van der Waals surface area contributed by atoms with Crippen LogP contribution in [0.4, 0.5) is 4.79 Å². The van der Waals surface area contributed by atoms with Crippen LogP contribution in [0.3, 0.4) is 0 Å². The van der Waals surface area contributed by atoms with Crippen LogP contribution in [0.15, 0.2) is 0 Å². The molecule has 3 nitrogen and oxygen atoms in total. The van der Waals surface area contributed by atoms with Crippen LogP contribution in [0.5, 0.6) is 0 Å². The van der Waals surface area contributed by atoms with Crippen LogP contribution in [0.1, 0.15) is 13.3 Å². The topological polar surface area (TPSA) is 32.3 Å². The normalized spacial score (nSPS) is 8.45. The second-order valence-corrected chi connectivity index (χ2v) is 2.82. The Labute approximate surface area is 70.6 Å². The molecule has 0 heterocycles. The summed E-state index contributed by atoms with van der Waals surface area (Å²) in [6.07, 6.45) is 1.01. The van der Waals surface area contributed by atoms with Crippen LogP contribution in [0.2, 0.25) is 0 Å². The highest BCUT2D eigenvalue weighted by molar-refractivity contribution is 6.57. The van der Waals surface area contributed by atoms with Crippen LogP contribution in [-0.2, 0) is 0 Å². The van der Waals surface area contributed by atoms with Crippen molar-refractivity contribution in [3.63, 3.8) is 0 Å². The van der Waals surface area contributed by atoms with Crippen molar-refractivity contribution in [1.29, 1.82) is 0 Å². The van der Waals surface area contributed by atoms with Gasteiger partial charge in [-0.2, -0.15) is 0 Å². The van der Waals surface area contributed by atoms with Crippen molar-refractivity contribution in [2.24, 2.45) is 0 Å². The first-order valence-electron chi connectivity index (χ1n) is 3.86. The third-order valence-electron chi connectivity index (χ3n) is 0.624. The van der Waals surface area contributed by atoms with Gasteiger partial charge in [0.15, 0.2) is 5.81 Å². The summed E-state index contributed by atoms with van der Waals surface area (Å²) in [4.78, 5) is 12.1. The molecule has 0 spiro atoms. The van der Waals surface area contributed by atoms with Gasteiger partial charge in [-0.1, -0.05) is 6.92 Å². The third kappa shape index (κ3) is 43.7. The summed E-state index contributed by atoms with van der Waals surface area (Å²) in [6.45, 7) is 2.82. The molecule has 66 valence electrons. The first-order chi connectivity index (χ1) is 5.00. The lowest BCUT2D eigenvalue weighted by Gasteiger charge is -1.94. The standard InChI is InChI=1S/C4H10BNO.C3H9N/c1-2-3-6-4(5)7;1-4(2)3/h2-3,5H2,1H3,(H,6,7);1-3H3. The highest BCUT2D eigenvalue weighted by atomic mass is 16.1. The van der Waals surface area contributed by atoms with E-state index in [9.17, 15) is 4.79 Å². The maximum Gasteiger partial charge on any atom is 0.215 e. The van der Waals surface area contributed by atoms with Gasteiger partial charge in [0.1, 0.15) is 0 Å². The Balaban J connectivity index is 0. The molecule has 0 unspecified atom stereocenters. The Morgan fingerprint density at radius 2 is 1.82 bits per heavy atom. The van der Waals surface area contributed by atoms with Crippen molar-refractivity contribution in [3.05, 3.63) is 0 Å². The molecule has 0 bridgehead atoms. The van der Waals surface area contributed by atoms with E-state index in [4.69, 9.17) is 0 Å². The van der Waals surface area contributed by atoms with Gasteiger partial charge >= 0.3 is 0 Å². The molecule has 0 rings (SSSR count). The number of nitrogens with zero attached hydrogens (tertiary/aromatic N) is 1. The average Bonchev–Trinajstić information content (AvgIpc) is 1.82. The summed E-state index contributed by atoms with van der Waals surface area (Å²) >= 11 is 0. The fourth-order valence-corrected chi connectivity index (χ4v) is 0.301. The zero-order chi connectivity index (χ0) is 9.28. The Morgan fingerprint density at radius 3 is 1.91 bits per heavy atom. The van der Waals surface area contributed by atoms with Gasteiger partial charge in [-0.25, -0.2) is 0 Å². The third-order valence-corrected chi connectivity index (χ3v) is 0.624. The molecule has 0 aliphatic heterocycles. The quantitative estimate of drug-likeness (QED) is 0.570. The number of carbonyl (C=O) groups is 1. The molecule has 0 aliphatic rings. The Hall–Kier alpha value is -0.505. The molecule has 1 amide bonds. The number of nitrogens with one attached hydrogen (secondary N) is 1. The highest BCUT2D eigenvalue weighted by Gasteiger charge is 1.83. The number of hydrogen-bond acceptors (Lipinski definition) is 2. The first-order valence-corrected chi connectivity index (χ1v) is 3.86. The Kier molecular flexibility index (Phi) is 11.3. The van der Waals surface area contributed by atoms with Crippen molar-refractivity contribution in [2.75, 3.05) is 27.7 Å². The van der Waals surface area contributed by atoms with Gasteiger partial charge in [-0.05, 0) is 27.6 Å². The molecule has 4 heteroatoms. The summed E-state index contributed by atoms with van der Waals surface area (Å²) in [5.41, 5.74) is 0. The molecule has 0 saturated carbocycles. The predicted molar refractivity (Wildman–Crippen MR) is 51.8 cm³/mol. The molecule has 11 heavy (non-hydrogen) atoms. The van der Waals surface area contributed by atoms with Crippen LogP contribution < -0.4 is 5.32 Å². The van der Waals surface area contributed by atoms with E-state index in [1.165, 1.54) is 7.85 Å². The maximum absolute atomic E-state index is 10.1. The summed E-state index contributed by atoms with van der Waals surface area (Å²) in [7, 11) is 7.52. The van der Waals surface area contributed by atoms with Gasteiger partial charge in [0, 0.05) is 6.54 Å². The van der Waals surface area contributed by atoms with Crippen LogP contribution in [-0.4, -0.2) is 46.2 Å². The van der Waals surface area contributed by atoms with Crippen LogP contribution in [0, 0.1) is 0 Å². The largest absolute Gasteiger partial charge is 0.365 e. The monoisotopic (exact) mass is 158 g/mol. The van der Waals surface area contributed by atoms with Crippen LogP contribution in [0.25, 0.3) is 0 Å². The highest BCUT2D eigenvalue weighted by Crippen LogP contribution is 1.67. The van der Waals surface area contributed by atoms with Crippen molar-refractivity contribution in [3.8, 4) is 0 Å². The van der Waals surface area contributed by atoms with E-state index >= 15 is 0 Å². The van der Waals surface area contributed by atoms with Gasteiger partial charge in [0.25, 0.3) is 0 Å². The lowest BCUT2D eigenvalue weighted by atomic mass is 10.1. The Bertz CT molecular complexity index is 93.7. The van der Waals surface area contributed by atoms with Gasteiger partial charge in [0.05, 0.1) is 0 Å². The van der Waals surface area contributed by atoms with E-state index in [0.717, 1.165) is 13.0 Å². The number of rotatable bonds is 2. The lowest BCUT2D eigenvalue weighted by Crippen LogP contribution is -2.21. The maximum atomic E-state index is 10.1. The molecule has 0 aliphatic carbocycles. The lowest BCUT2D eigenvalue weighted by molar-refractivity contribution is 0.259. The summed E-state index contributed by atoms with van der Waals surface area (Å²) in [5.74, 6) is 0.0573. The second kappa shape index (κ2) is 9.49. The Morgan fingerprint density at radius 1 is 1.45 bits per heavy atom. The minimum absolute atomic E-state index is 0.0573. The summed E-state index contributed by atoms with van der Waals surface area (Å²) in [5, 5.41) is 2.66. The number of carbonyl (C=O) groups excluding carboxylic acids is 1. The molecule has 0 atom stereocenters. The molecule has 0 saturated heterocycles. The van der Waals surface area contributed by atoms with E-state index in [1.54, 1.807) is 0 Å². The number of amides is 1. The van der Waals surface area contributed by atoms with Gasteiger partial charge < -0.3 is 10.2 Å². The van der Waals surface area contributed by atoms with Crippen molar-refractivity contribution in [1.82, 2.24) is 10.2 Å². The molecule has 0 aromatic rings. The van der Waals surface area contributed by atoms with Gasteiger partial charge in [-0.15, -0.1) is 0 Å². The minimum Gasteiger partial charge on any atom is -0.365 e. The fraction of sp³-hybridized carbons (Fsp3) is 0.857. The predicted octanol–water partition coefficient (Wildman–Crippen LogP) is -0.0831. The molecule has 0 aromatic heterocycles. The summed E-state index contributed by atoms with van der Waals surface area (Å²) in [6, 6.07) is 0. The van der Waals surface area contributed by atoms with E-state index in [-0.39, 0.29) is 5.81 Å². The van der Waals surface area contributed by atoms with Gasteiger partial charge in [-0.3, -0.25) is 4.79 Å². The smallest absolute Gasteiger partial charge is 0.215 e. The summed E-state index contributed by atoms with van der Waals surface area (Å²) < 4.78 is 0. The number of hydrogen-bond donors (Lipinski definition) is 1. The van der Waals surface area contributed by atoms with Crippen molar-refractivity contribution >= 4 is 13.7 Å².